The molecule has 2 aromatic carbocycles. The number of halogens is 1. The summed E-state index contributed by atoms with van der Waals surface area (Å²) in [6, 6.07) is 14.4. The van der Waals surface area contributed by atoms with Gasteiger partial charge in [-0.2, -0.15) is 0 Å². The highest BCUT2D eigenvalue weighted by atomic mass is 35.5. The third-order valence-electron chi connectivity index (χ3n) is 4.16. The highest BCUT2D eigenvalue weighted by Crippen LogP contribution is 2.21. The van der Waals surface area contributed by atoms with E-state index >= 15 is 0 Å². The number of pyridine rings is 1. The van der Waals surface area contributed by atoms with Crippen molar-refractivity contribution in [2.24, 2.45) is 0 Å². The molecular formula is C20H22ClN3O3S. The van der Waals surface area contributed by atoms with Gasteiger partial charge in [-0.1, -0.05) is 41.9 Å². The van der Waals surface area contributed by atoms with Crippen LogP contribution in [0.3, 0.4) is 0 Å². The van der Waals surface area contributed by atoms with Crippen LogP contribution in [0, 0.1) is 0 Å². The van der Waals surface area contributed by atoms with Gasteiger partial charge in [0.25, 0.3) is 0 Å². The van der Waals surface area contributed by atoms with Crippen molar-refractivity contribution < 1.29 is 13.2 Å². The summed E-state index contributed by atoms with van der Waals surface area (Å²) in [6.07, 6.45) is 3.24. The maximum Gasteiger partial charge on any atom is 0.241 e. The van der Waals surface area contributed by atoms with Gasteiger partial charge < -0.3 is 10.1 Å². The van der Waals surface area contributed by atoms with E-state index in [1.807, 2.05) is 30.3 Å². The number of fused-ring (bicyclic) bond motifs is 1. The van der Waals surface area contributed by atoms with Gasteiger partial charge in [0, 0.05) is 47.8 Å². The zero-order valence-electron chi connectivity index (χ0n) is 15.3. The molecular weight excluding hydrogens is 398 g/mol. The van der Waals surface area contributed by atoms with Gasteiger partial charge in [-0.3, -0.25) is 4.98 Å². The Morgan fingerprint density at radius 1 is 1.00 bits per heavy atom. The first-order valence-corrected chi connectivity index (χ1v) is 10.8. The fourth-order valence-electron chi connectivity index (χ4n) is 2.75. The largest absolute Gasteiger partial charge is 0.375 e. The Bertz CT molecular complexity index is 1020. The number of hydrogen-bond acceptors (Lipinski definition) is 5. The standard InChI is InChI=1S/C20H22ClN3O3S/c21-19-6-2-1-4-17(19)15-27-13-12-22-10-11-24-28(25,26)20-7-3-5-16-14-23-9-8-18(16)20/h1-9,14,22,24H,10-13,15H2. The molecule has 1 aromatic heterocycles. The summed E-state index contributed by atoms with van der Waals surface area (Å²) < 4.78 is 33.3. The summed E-state index contributed by atoms with van der Waals surface area (Å²) in [7, 11) is -3.59. The fraction of sp³-hybridized carbons (Fsp3) is 0.250. The Morgan fingerprint density at radius 3 is 2.71 bits per heavy atom. The van der Waals surface area contributed by atoms with Crippen LogP contribution in [0.5, 0.6) is 0 Å². The Morgan fingerprint density at radius 2 is 1.86 bits per heavy atom. The second-order valence-electron chi connectivity index (χ2n) is 6.14. The molecule has 0 radical (unpaired) electrons. The summed E-state index contributed by atoms with van der Waals surface area (Å²) >= 11 is 6.07. The molecule has 0 aliphatic rings. The Balaban J connectivity index is 1.39. The van der Waals surface area contributed by atoms with Gasteiger partial charge in [0.1, 0.15) is 0 Å². The average molecular weight is 420 g/mol. The van der Waals surface area contributed by atoms with Crippen molar-refractivity contribution in [3.8, 4) is 0 Å². The van der Waals surface area contributed by atoms with E-state index < -0.39 is 10.0 Å². The van der Waals surface area contributed by atoms with Gasteiger partial charge in [-0.25, -0.2) is 13.1 Å². The van der Waals surface area contributed by atoms with Crippen LogP contribution in [0.25, 0.3) is 10.8 Å². The van der Waals surface area contributed by atoms with Gasteiger partial charge >= 0.3 is 0 Å². The minimum atomic E-state index is -3.59. The molecule has 0 saturated carbocycles. The summed E-state index contributed by atoms with van der Waals surface area (Å²) in [5.74, 6) is 0. The van der Waals surface area contributed by atoms with Crippen molar-refractivity contribution in [3.05, 3.63) is 71.5 Å². The number of sulfonamides is 1. The summed E-state index contributed by atoms with van der Waals surface area (Å²) in [4.78, 5) is 4.29. The number of nitrogens with one attached hydrogen (secondary N) is 2. The lowest BCUT2D eigenvalue weighted by atomic mass is 10.2. The minimum absolute atomic E-state index is 0.260. The quantitative estimate of drug-likeness (QED) is 0.494. The zero-order chi connectivity index (χ0) is 19.8. The molecule has 0 amide bonds. The molecule has 0 saturated heterocycles. The average Bonchev–Trinajstić information content (AvgIpc) is 2.70. The van der Waals surface area contributed by atoms with Crippen molar-refractivity contribution in [2.75, 3.05) is 26.2 Å². The molecule has 148 valence electrons. The molecule has 28 heavy (non-hydrogen) atoms. The van der Waals surface area contributed by atoms with Crippen LogP contribution >= 0.6 is 11.6 Å². The van der Waals surface area contributed by atoms with Crippen LogP contribution in [-0.4, -0.2) is 39.6 Å². The summed E-state index contributed by atoms with van der Waals surface area (Å²) in [6.45, 7) is 2.36. The van der Waals surface area contributed by atoms with E-state index in [0.717, 1.165) is 10.9 Å². The first-order valence-electron chi connectivity index (χ1n) is 8.92. The minimum Gasteiger partial charge on any atom is -0.375 e. The predicted octanol–water partition coefficient (Wildman–Crippen LogP) is 2.97. The van der Waals surface area contributed by atoms with Gasteiger partial charge in [0.05, 0.1) is 18.1 Å². The van der Waals surface area contributed by atoms with Gasteiger partial charge in [-0.15, -0.1) is 0 Å². The second kappa shape index (κ2) is 9.95. The first-order chi connectivity index (χ1) is 13.6. The lowest BCUT2D eigenvalue weighted by Gasteiger charge is -2.10. The normalized spacial score (nSPS) is 11.8. The number of benzene rings is 2. The Hall–Kier alpha value is -2.03. The summed E-state index contributed by atoms with van der Waals surface area (Å²) in [5.41, 5.74) is 0.946. The number of nitrogens with zero attached hydrogens (tertiary/aromatic N) is 1. The van der Waals surface area contributed by atoms with Crippen LogP contribution in [0.1, 0.15) is 5.56 Å². The van der Waals surface area contributed by atoms with E-state index in [9.17, 15) is 8.42 Å². The zero-order valence-corrected chi connectivity index (χ0v) is 16.8. The van der Waals surface area contributed by atoms with Crippen LogP contribution in [0.2, 0.25) is 5.02 Å². The van der Waals surface area contributed by atoms with E-state index in [0.29, 0.717) is 36.7 Å². The van der Waals surface area contributed by atoms with Crippen molar-refractivity contribution >= 4 is 32.4 Å². The van der Waals surface area contributed by atoms with E-state index in [1.165, 1.54) is 0 Å². The van der Waals surface area contributed by atoms with Gasteiger partial charge in [0.15, 0.2) is 0 Å². The van der Waals surface area contributed by atoms with Gasteiger partial charge in [-0.05, 0) is 23.8 Å². The summed E-state index contributed by atoms with van der Waals surface area (Å²) in [5, 5.41) is 5.29. The maximum absolute atomic E-state index is 12.6. The second-order valence-corrected chi connectivity index (χ2v) is 8.29. The molecule has 1 heterocycles. The molecule has 0 unspecified atom stereocenters. The van der Waals surface area contributed by atoms with Crippen LogP contribution in [0.15, 0.2) is 65.8 Å². The molecule has 3 aromatic rings. The number of hydrogen-bond donors (Lipinski definition) is 2. The lowest BCUT2D eigenvalue weighted by molar-refractivity contribution is 0.123. The molecule has 2 N–H and O–H groups in total. The van der Waals surface area contributed by atoms with Crippen molar-refractivity contribution in [2.45, 2.75) is 11.5 Å². The predicted molar refractivity (Wildman–Crippen MR) is 111 cm³/mol. The number of rotatable bonds is 10. The molecule has 0 fully saturated rings. The smallest absolute Gasteiger partial charge is 0.241 e. The van der Waals surface area contributed by atoms with E-state index in [-0.39, 0.29) is 11.4 Å². The maximum atomic E-state index is 12.6. The lowest BCUT2D eigenvalue weighted by Crippen LogP contribution is -2.33. The highest BCUT2D eigenvalue weighted by Gasteiger charge is 2.16. The molecule has 3 rings (SSSR count). The fourth-order valence-corrected chi connectivity index (χ4v) is 4.20. The molecule has 0 atom stereocenters. The van der Waals surface area contributed by atoms with Crippen molar-refractivity contribution in [1.82, 2.24) is 15.0 Å². The third kappa shape index (κ3) is 5.50. The highest BCUT2D eigenvalue weighted by molar-refractivity contribution is 7.89. The van der Waals surface area contributed by atoms with Crippen LogP contribution < -0.4 is 10.0 Å². The molecule has 0 spiro atoms. The van der Waals surface area contributed by atoms with E-state index in [2.05, 4.69) is 15.0 Å². The molecule has 0 aliphatic heterocycles. The SMILES string of the molecule is O=S(=O)(NCCNCCOCc1ccccc1Cl)c1cccc2cnccc12. The molecule has 0 bridgehead atoms. The topological polar surface area (TPSA) is 80.3 Å². The van der Waals surface area contributed by atoms with Crippen LogP contribution in [-0.2, 0) is 21.4 Å². The van der Waals surface area contributed by atoms with Crippen molar-refractivity contribution in [1.29, 1.82) is 0 Å². The molecule has 6 nitrogen and oxygen atoms in total. The van der Waals surface area contributed by atoms with Gasteiger partial charge in [0.2, 0.25) is 10.0 Å². The van der Waals surface area contributed by atoms with E-state index in [4.69, 9.17) is 16.3 Å². The number of ether oxygens (including phenoxy) is 1. The Labute approximate surface area is 169 Å². The third-order valence-corrected chi connectivity index (χ3v) is 6.05. The Kier molecular flexibility index (Phi) is 7.36. The van der Waals surface area contributed by atoms with Crippen molar-refractivity contribution in [3.63, 3.8) is 0 Å². The van der Waals surface area contributed by atoms with Crippen LogP contribution in [0.4, 0.5) is 0 Å². The molecule has 8 heteroatoms. The first kappa shape index (κ1) is 20.7. The monoisotopic (exact) mass is 419 g/mol. The molecule has 0 aliphatic carbocycles. The number of aromatic nitrogens is 1. The van der Waals surface area contributed by atoms with E-state index in [1.54, 1.807) is 30.6 Å².